The highest BCUT2D eigenvalue weighted by Crippen LogP contribution is 2.46. The van der Waals surface area contributed by atoms with Crippen molar-refractivity contribution in [3.05, 3.63) is 255 Å². The zero-order chi connectivity index (χ0) is 44.3. The molecule has 0 aliphatic rings. The maximum absolute atomic E-state index is 2.45. The predicted octanol–water partition coefficient (Wildman–Crippen LogP) is 18.4. The van der Waals surface area contributed by atoms with Crippen LogP contribution in [0, 0.1) is 0 Å². The molecule has 0 atom stereocenters. The first kappa shape index (κ1) is 38.9. The van der Waals surface area contributed by atoms with Crippen LogP contribution in [-0.2, 0) is 0 Å². The number of benzene rings is 11. The average molecular weight is 871 g/mol. The van der Waals surface area contributed by atoms with Crippen molar-refractivity contribution in [2.24, 2.45) is 0 Å². The highest BCUT2D eigenvalue weighted by molar-refractivity contribution is 7.26. The van der Waals surface area contributed by atoms with Crippen LogP contribution in [0.5, 0.6) is 0 Å². The van der Waals surface area contributed by atoms with Gasteiger partial charge in [0, 0.05) is 53.4 Å². The Morgan fingerprint density at radius 1 is 0.328 bits per heavy atom. The van der Waals surface area contributed by atoms with E-state index < -0.39 is 0 Å². The minimum atomic E-state index is 1.10. The molecule has 67 heavy (non-hydrogen) atoms. The topological polar surface area (TPSA) is 8.17 Å². The molecule has 0 aliphatic carbocycles. The number of anilines is 3. The van der Waals surface area contributed by atoms with Gasteiger partial charge in [0.25, 0.3) is 0 Å². The van der Waals surface area contributed by atoms with Gasteiger partial charge in [0.05, 0.1) is 16.7 Å². The second kappa shape index (κ2) is 16.2. The normalized spacial score (nSPS) is 11.6. The number of hydrogen-bond donors (Lipinski definition) is 0. The van der Waals surface area contributed by atoms with Crippen LogP contribution in [0.3, 0.4) is 0 Å². The Morgan fingerprint density at radius 3 is 1.58 bits per heavy atom. The maximum atomic E-state index is 2.45. The van der Waals surface area contributed by atoms with E-state index in [1.807, 2.05) is 11.3 Å². The zero-order valence-corrected chi connectivity index (χ0v) is 37.4. The Morgan fingerprint density at radius 2 is 0.866 bits per heavy atom. The van der Waals surface area contributed by atoms with E-state index in [9.17, 15) is 0 Å². The van der Waals surface area contributed by atoms with E-state index in [0.717, 1.165) is 22.7 Å². The van der Waals surface area contributed by atoms with Gasteiger partial charge in [0.15, 0.2) is 0 Å². The lowest BCUT2D eigenvalue weighted by Gasteiger charge is -2.27. The summed E-state index contributed by atoms with van der Waals surface area (Å²) in [4.78, 5) is 2.44. The Kier molecular flexibility index (Phi) is 9.40. The van der Waals surface area contributed by atoms with Gasteiger partial charge >= 0.3 is 0 Å². The number of fused-ring (bicyclic) bond motifs is 8. The highest BCUT2D eigenvalue weighted by Gasteiger charge is 2.21. The van der Waals surface area contributed by atoms with Gasteiger partial charge in [-0.15, -0.1) is 11.3 Å². The van der Waals surface area contributed by atoms with Crippen LogP contribution < -0.4 is 4.90 Å². The fourth-order valence-corrected chi connectivity index (χ4v) is 11.4. The summed E-state index contributed by atoms with van der Waals surface area (Å²) < 4.78 is 5.01. The number of thiophene rings is 1. The minimum absolute atomic E-state index is 1.10. The quantitative estimate of drug-likeness (QED) is 0.148. The monoisotopic (exact) mass is 870 g/mol. The van der Waals surface area contributed by atoms with Gasteiger partial charge in [-0.25, -0.2) is 0 Å². The van der Waals surface area contributed by atoms with Crippen molar-refractivity contribution in [2.45, 2.75) is 0 Å². The molecule has 2 nitrogen and oxygen atoms in total. The standard InChI is InChI=1S/C64H42N2S/c1-3-16-44(17-4-1)51-21-9-11-24-54(51)55-25-12-10-22-52(55)46-32-38-50(39-33-46)65(59-27-15-29-62-63(59)58-26-13-14-28-61(58)67-62)49-36-30-43(31-37-49)47-35-40-56-57-41-34-45-18-7-8-23-53(45)64(57)66(60(56)42-47)48-19-5-2-6-20-48/h1-42H. The molecule has 2 heterocycles. The molecule has 2 aromatic heterocycles. The second-order valence-corrected chi connectivity index (χ2v) is 18.3. The van der Waals surface area contributed by atoms with Crippen molar-refractivity contribution < 1.29 is 0 Å². The molecule has 3 heteroatoms. The first-order valence-electron chi connectivity index (χ1n) is 22.9. The SMILES string of the molecule is c1ccc(-c2ccccc2-c2ccccc2-c2ccc(N(c3ccc(-c4ccc5c6ccc7ccccc7c6n(-c6ccccc6)c5c4)cc3)c3cccc4sc5ccccc5c34)cc2)cc1. The van der Waals surface area contributed by atoms with E-state index in [1.54, 1.807) is 0 Å². The number of hydrogen-bond acceptors (Lipinski definition) is 2. The van der Waals surface area contributed by atoms with Gasteiger partial charge in [0.1, 0.15) is 0 Å². The van der Waals surface area contributed by atoms with Crippen LogP contribution in [0.25, 0.3) is 103 Å². The van der Waals surface area contributed by atoms with E-state index in [4.69, 9.17) is 0 Å². The van der Waals surface area contributed by atoms with E-state index in [1.165, 1.54) is 97.3 Å². The van der Waals surface area contributed by atoms with Crippen LogP contribution in [0.4, 0.5) is 17.1 Å². The molecular weight excluding hydrogens is 829 g/mol. The van der Waals surface area contributed by atoms with Gasteiger partial charge in [-0.2, -0.15) is 0 Å². The Balaban J connectivity index is 0.935. The van der Waals surface area contributed by atoms with E-state index in [0.29, 0.717) is 0 Å². The second-order valence-electron chi connectivity index (χ2n) is 17.2. The summed E-state index contributed by atoms with van der Waals surface area (Å²) in [6.45, 7) is 0. The minimum Gasteiger partial charge on any atom is -0.310 e. The van der Waals surface area contributed by atoms with Crippen molar-refractivity contribution in [3.63, 3.8) is 0 Å². The largest absolute Gasteiger partial charge is 0.310 e. The molecule has 0 amide bonds. The fourth-order valence-electron chi connectivity index (χ4n) is 10.3. The molecule has 11 aromatic carbocycles. The number of nitrogens with zero attached hydrogens (tertiary/aromatic N) is 2. The van der Waals surface area contributed by atoms with Crippen LogP contribution in [-0.4, -0.2) is 4.57 Å². The van der Waals surface area contributed by atoms with E-state index in [-0.39, 0.29) is 0 Å². The van der Waals surface area contributed by atoms with Gasteiger partial charge < -0.3 is 9.47 Å². The summed E-state index contributed by atoms with van der Waals surface area (Å²) in [7, 11) is 0. The van der Waals surface area contributed by atoms with Crippen LogP contribution >= 0.6 is 11.3 Å². The van der Waals surface area contributed by atoms with Crippen LogP contribution in [0.2, 0.25) is 0 Å². The molecule has 0 fully saturated rings. The van der Waals surface area contributed by atoms with Crippen molar-refractivity contribution >= 4 is 81.1 Å². The van der Waals surface area contributed by atoms with Crippen LogP contribution in [0.15, 0.2) is 255 Å². The number of para-hydroxylation sites is 1. The van der Waals surface area contributed by atoms with Crippen molar-refractivity contribution in [1.29, 1.82) is 0 Å². The Hall–Kier alpha value is -8.50. The summed E-state index contributed by atoms with van der Waals surface area (Å²) in [5, 5.41) is 7.55. The Labute approximate surface area is 393 Å². The summed E-state index contributed by atoms with van der Waals surface area (Å²) in [5.74, 6) is 0. The van der Waals surface area contributed by atoms with Gasteiger partial charge in [-0.05, 0) is 111 Å². The van der Waals surface area contributed by atoms with Gasteiger partial charge in [-0.1, -0.05) is 194 Å². The molecule has 0 spiro atoms. The lowest BCUT2D eigenvalue weighted by Crippen LogP contribution is -2.10. The molecule has 0 bridgehead atoms. The summed E-state index contributed by atoms with van der Waals surface area (Å²) in [6.07, 6.45) is 0. The summed E-state index contributed by atoms with van der Waals surface area (Å²) >= 11 is 1.86. The number of aromatic nitrogens is 1. The van der Waals surface area contributed by atoms with E-state index in [2.05, 4.69) is 264 Å². The molecule has 0 radical (unpaired) electrons. The first-order chi connectivity index (χ1) is 33.2. The van der Waals surface area contributed by atoms with E-state index >= 15 is 0 Å². The maximum Gasteiger partial charge on any atom is 0.0619 e. The summed E-state index contributed by atoms with van der Waals surface area (Å²) in [5.41, 5.74) is 16.6. The highest BCUT2D eigenvalue weighted by atomic mass is 32.1. The van der Waals surface area contributed by atoms with Gasteiger partial charge in [0.2, 0.25) is 0 Å². The predicted molar refractivity (Wildman–Crippen MR) is 288 cm³/mol. The third-order valence-electron chi connectivity index (χ3n) is 13.4. The molecular formula is C64H42N2S. The van der Waals surface area contributed by atoms with Crippen LogP contribution in [0.1, 0.15) is 0 Å². The zero-order valence-electron chi connectivity index (χ0n) is 36.6. The average Bonchev–Trinajstić information content (AvgIpc) is 3.96. The molecule has 0 N–H and O–H groups in total. The lowest BCUT2D eigenvalue weighted by atomic mass is 9.89. The van der Waals surface area contributed by atoms with Crippen molar-refractivity contribution in [3.8, 4) is 50.2 Å². The fraction of sp³-hybridized carbons (Fsp3) is 0. The molecule has 0 saturated heterocycles. The smallest absolute Gasteiger partial charge is 0.0619 e. The third kappa shape index (κ3) is 6.63. The van der Waals surface area contributed by atoms with Gasteiger partial charge in [-0.3, -0.25) is 0 Å². The van der Waals surface area contributed by atoms with Crippen molar-refractivity contribution in [1.82, 2.24) is 4.57 Å². The molecule has 314 valence electrons. The number of rotatable bonds is 8. The molecule has 0 aliphatic heterocycles. The lowest BCUT2D eigenvalue weighted by molar-refractivity contribution is 1.19. The molecule has 13 aromatic rings. The molecule has 13 rings (SSSR count). The summed E-state index contributed by atoms with van der Waals surface area (Å²) in [6, 6.07) is 93.1. The Bertz CT molecular complexity index is 3960. The molecule has 0 saturated carbocycles. The third-order valence-corrected chi connectivity index (χ3v) is 14.5. The molecule has 0 unspecified atom stereocenters. The first-order valence-corrected chi connectivity index (χ1v) is 23.7. The van der Waals surface area contributed by atoms with Crippen molar-refractivity contribution in [2.75, 3.05) is 4.90 Å².